The Kier molecular flexibility index (Phi) is 9.89. The van der Waals surface area contributed by atoms with Gasteiger partial charge in [-0.1, -0.05) is 84.3 Å². The molecule has 2 heteroatoms. The fourth-order valence-electron chi connectivity index (χ4n) is 3.23. The summed E-state index contributed by atoms with van der Waals surface area (Å²) < 4.78 is 6.41. The normalized spacial score (nSPS) is 18.9. The van der Waals surface area contributed by atoms with E-state index in [4.69, 9.17) is 4.43 Å². The van der Waals surface area contributed by atoms with Gasteiger partial charge in [-0.15, -0.1) is 0 Å². The van der Waals surface area contributed by atoms with E-state index in [0.29, 0.717) is 11.0 Å². The molecule has 0 spiro atoms. The van der Waals surface area contributed by atoms with Gasteiger partial charge in [0, 0.05) is 6.61 Å². The quantitative estimate of drug-likeness (QED) is 0.197. The van der Waals surface area contributed by atoms with Crippen molar-refractivity contribution in [2.24, 2.45) is 5.92 Å². The van der Waals surface area contributed by atoms with Crippen LogP contribution in [0.4, 0.5) is 0 Å². The van der Waals surface area contributed by atoms with Crippen LogP contribution in [0.3, 0.4) is 0 Å². The highest BCUT2D eigenvalue weighted by Gasteiger charge is 2.37. The molecule has 0 aromatic rings. The van der Waals surface area contributed by atoms with Crippen LogP contribution in [0.25, 0.3) is 0 Å². The molecule has 0 saturated carbocycles. The predicted octanol–water partition coefficient (Wildman–Crippen LogP) is 7.88. The molecular formula is C22H44OSi. The van der Waals surface area contributed by atoms with E-state index in [-0.39, 0.29) is 0 Å². The topological polar surface area (TPSA) is 9.23 Å². The van der Waals surface area contributed by atoms with Crippen LogP contribution in [0, 0.1) is 5.92 Å². The summed E-state index contributed by atoms with van der Waals surface area (Å²) in [4.78, 5) is 0. The third-order valence-electron chi connectivity index (χ3n) is 6.12. The number of unbranched alkanes of at least 4 members (excludes halogenated alkanes) is 7. The van der Waals surface area contributed by atoms with Crippen LogP contribution in [0.15, 0.2) is 11.6 Å². The molecule has 0 aliphatic heterocycles. The number of hydrogen-bond donors (Lipinski definition) is 0. The van der Waals surface area contributed by atoms with E-state index in [2.05, 4.69) is 46.9 Å². The van der Waals surface area contributed by atoms with Crippen LogP contribution in [-0.2, 0) is 4.43 Å². The maximum Gasteiger partial charge on any atom is 0.192 e. The lowest BCUT2D eigenvalue weighted by Crippen LogP contribution is -2.41. The summed E-state index contributed by atoms with van der Waals surface area (Å²) in [6.45, 7) is 15.0. The molecular weight excluding hydrogens is 308 g/mol. The van der Waals surface area contributed by atoms with Gasteiger partial charge in [0.15, 0.2) is 8.32 Å². The zero-order chi connectivity index (χ0) is 18.1. The van der Waals surface area contributed by atoms with Gasteiger partial charge >= 0.3 is 0 Å². The first-order valence-corrected chi connectivity index (χ1v) is 13.5. The first-order valence-electron chi connectivity index (χ1n) is 10.6. The second kappa shape index (κ2) is 10.8. The maximum atomic E-state index is 6.41. The zero-order valence-corrected chi connectivity index (χ0v) is 18.5. The van der Waals surface area contributed by atoms with Gasteiger partial charge in [0.25, 0.3) is 0 Å². The van der Waals surface area contributed by atoms with Crippen LogP contribution < -0.4 is 0 Å². The first kappa shape index (κ1) is 22.0. The van der Waals surface area contributed by atoms with Crippen molar-refractivity contribution < 1.29 is 4.43 Å². The highest BCUT2D eigenvalue weighted by Crippen LogP contribution is 2.38. The van der Waals surface area contributed by atoms with Crippen LogP contribution in [-0.4, -0.2) is 14.9 Å². The Labute approximate surface area is 153 Å². The van der Waals surface area contributed by atoms with Crippen molar-refractivity contribution in [2.75, 3.05) is 6.61 Å². The number of rotatable bonds is 12. The molecule has 0 aromatic heterocycles. The number of hydrogen-bond acceptors (Lipinski definition) is 1. The summed E-state index contributed by atoms with van der Waals surface area (Å²) in [7, 11) is -1.57. The summed E-state index contributed by atoms with van der Waals surface area (Å²) >= 11 is 0. The minimum absolute atomic E-state index is 0.329. The molecule has 1 rings (SSSR count). The van der Waals surface area contributed by atoms with E-state index >= 15 is 0 Å². The second-order valence-electron chi connectivity index (χ2n) is 9.42. The Morgan fingerprint density at radius 3 is 2.17 bits per heavy atom. The van der Waals surface area contributed by atoms with Gasteiger partial charge < -0.3 is 4.43 Å². The van der Waals surface area contributed by atoms with E-state index in [0.717, 1.165) is 6.61 Å². The van der Waals surface area contributed by atoms with Gasteiger partial charge in [0.1, 0.15) is 0 Å². The summed E-state index contributed by atoms with van der Waals surface area (Å²) in [5, 5.41) is 0.329. The Hall–Kier alpha value is -0.0831. The van der Waals surface area contributed by atoms with Gasteiger partial charge in [-0.3, -0.25) is 0 Å². The van der Waals surface area contributed by atoms with E-state index < -0.39 is 8.32 Å². The SMILES string of the molecule is CCCCCCCCCCC1=CC(CO[Si](C)(C)C(C)(C)C)CC1. The van der Waals surface area contributed by atoms with Gasteiger partial charge in [0.05, 0.1) is 0 Å². The molecule has 1 nitrogen and oxygen atoms in total. The summed E-state index contributed by atoms with van der Waals surface area (Å²) in [6.07, 6.45) is 17.9. The van der Waals surface area contributed by atoms with Gasteiger partial charge in [0.2, 0.25) is 0 Å². The van der Waals surface area contributed by atoms with Gasteiger partial charge in [-0.25, -0.2) is 0 Å². The van der Waals surface area contributed by atoms with E-state index in [1.165, 1.54) is 70.6 Å². The minimum Gasteiger partial charge on any atom is -0.416 e. The highest BCUT2D eigenvalue weighted by atomic mass is 28.4. The molecule has 142 valence electrons. The lowest BCUT2D eigenvalue weighted by atomic mass is 10.0. The Bertz CT molecular complexity index is 365. The third-order valence-corrected chi connectivity index (χ3v) is 10.6. The Morgan fingerprint density at radius 2 is 1.58 bits per heavy atom. The number of allylic oxidation sites excluding steroid dienone is 1. The molecule has 1 aliphatic rings. The monoisotopic (exact) mass is 352 g/mol. The molecule has 24 heavy (non-hydrogen) atoms. The molecule has 1 atom stereocenters. The molecule has 0 saturated heterocycles. The van der Waals surface area contributed by atoms with Crippen LogP contribution in [0.2, 0.25) is 18.1 Å². The maximum absolute atomic E-state index is 6.41. The largest absolute Gasteiger partial charge is 0.416 e. The molecule has 0 heterocycles. The fraction of sp³-hybridized carbons (Fsp3) is 0.909. The molecule has 0 N–H and O–H groups in total. The summed E-state index contributed by atoms with van der Waals surface area (Å²) in [5.74, 6) is 0.683. The molecule has 0 aromatic carbocycles. The van der Waals surface area contributed by atoms with E-state index in [9.17, 15) is 0 Å². The lowest BCUT2D eigenvalue weighted by molar-refractivity contribution is 0.250. The predicted molar refractivity (Wildman–Crippen MR) is 111 cm³/mol. The van der Waals surface area contributed by atoms with Crippen molar-refractivity contribution in [3.8, 4) is 0 Å². The van der Waals surface area contributed by atoms with Crippen molar-refractivity contribution in [3.05, 3.63) is 11.6 Å². The third kappa shape index (κ3) is 8.34. The smallest absolute Gasteiger partial charge is 0.192 e. The van der Waals surface area contributed by atoms with Crippen LogP contribution in [0.5, 0.6) is 0 Å². The first-order chi connectivity index (χ1) is 11.3. The standard InChI is InChI=1S/C22H44OSi/c1-7-8-9-10-11-12-13-14-15-20-16-17-21(18-20)19-23-24(5,6)22(2,3)4/h18,21H,7-17,19H2,1-6H3. The van der Waals surface area contributed by atoms with Crippen molar-refractivity contribution >= 4 is 8.32 Å². The zero-order valence-electron chi connectivity index (χ0n) is 17.5. The summed E-state index contributed by atoms with van der Waals surface area (Å²) in [5.41, 5.74) is 1.71. The second-order valence-corrected chi connectivity index (χ2v) is 14.2. The molecule has 0 radical (unpaired) electrons. The van der Waals surface area contributed by atoms with Crippen LogP contribution >= 0.6 is 0 Å². The van der Waals surface area contributed by atoms with Crippen molar-refractivity contribution in [3.63, 3.8) is 0 Å². The lowest BCUT2D eigenvalue weighted by Gasteiger charge is -2.36. The van der Waals surface area contributed by atoms with Gasteiger partial charge in [-0.05, 0) is 49.7 Å². The summed E-state index contributed by atoms with van der Waals surface area (Å²) in [6, 6.07) is 0. The molecule has 1 aliphatic carbocycles. The Morgan fingerprint density at radius 1 is 1.00 bits per heavy atom. The molecule has 1 unspecified atom stereocenters. The van der Waals surface area contributed by atoms with Gasteiger partial charge in [-0.2, -0.15) is 0 Å². The van der Waals surface area contributed by atoms with Crippen molar-refractivity contribution in [1.29, 1.82) is 0 Å². The van der Waals surface area contributed by atoms with Crippen molar-refractivity contribution in [1.82, 2.24) is 0 Å². The fourth-order valence-corrected chi connectivity index (χ4v) is 4.29. The molecule has 0 amide bonds. The highest BCUT2D eigenvalue weighted by molar-refractivity contribution is 6.74. The van der Waals surface area contributed by atoms with Crippen molar-refractivity contribution in [2.45, 2.75) is 116 Å². The minimum atomic E-state index is -1.57. The average molecular weight is 353 g/mol. The molecule has 0 fully saturated rings. The Balaban J connectivity index is 2.13. The molecule has 0 bridgehead atoms. The van der Waals surface area contributed by atoms with E-state index in [1.54, 1.807) is 5.57 Å². The van der Waals surface area contributed by atoms with E-state index in [1.807, 2.05) is 0 Å². The average Bonchev–Trinajstić information content (AvgIpc) is 2.95. The van der Waals surface area contributed by atoms with Crippen LogP contribution in [0.1, 0.15) is 98.3 Å².